The second-order valence-electron chi connectivity index (χ2n) is 6.77. The van der Waals surface area contributed by atoms with Crippen molar-refractivity contribution in [3.8, 4) is 0 Å². The fourth-order valence-corrected chi connectivity index (χ4v) is 4.06. The Morgan fingerprint density at radius 1 is 1.18 bits per heavy atom. The van der Waals surface area contributed by atoms with E-state index in [1.165, 1.54) is 19.1 Å². The zero-order valence-electron chi connectivity index (χ0n) is 15.0. The van der Waals surface area contributed by atoms with Gasteiger partial charge in [-0.05, 0) is 31.0 Å². The Labute approximate surface area is 171 Å². The van der Waals surface area contributed by atoms with E-state index in [0.29, 0.717) is 21.8 Å². The molecule has 6 nitrogen and oxygen atoms in total. The summed E-state index contributed by atoms with van der Waals surface area (Å²) in [7, 11) is 0. The number of aliphatic carboxylic acids is 1. The van der Waals surface area contributed by atoms with Crippen LogP contribution in [0.1, 0.15) is 40.7 Å². The molecule has 1 aliphatic heterocycles. The van der Waals surface area contributed by atoms with Crippen LogP contribution in [-0.2, 0) is 16.0 Å². The molecule has 1 heterocycles. The molecule has 0 aromatic heterocycles. The number of ketones is 2. The Balaban J connectivity index is 1.96. The van der Waals surface area contributed by atoms with Gasteiger partial charge >= 0.3 is 5.97 Å². The zero-order valence-corrected chi connectivity index (χ0v) is 16.5. The van der Waals surface area contributed by atoms with E-state index in [1.54, 1.807) is 24.3 Å². The van der Waals surface area contributed by atoms with Gasteiger partial charge in [0.1, 0.15) is 11.8 Å². The predicted octanol–water partition coefficient (Wildman–Crippen LogP) is 3.63. The smallest absolute Gasteiger partial charge is 0.327 e. The maximum absolute atomic E-state index is 13.1. The molecule has 2 atom stereocenters. The van der Waals surface area contributed by atoms with Gasteiger partial charge in [0.15, 0.2) is 5.78 Å². The van der Waals surface area contributed by atoms with Gasteiger partial charge in [0.25, 0.3) is 0 Å². The third-order valence-corrected chi connectivity index (χ3v) is 5.44. The molecular weight excluding hydrogens is 403 g/mol. The third-order valence-electron chi connectivity index (χ3n) is 4.91. The number of hydrogen-bond donors (Lipinski definition) is 2. The molecule has 0 amide bonds. The van der Waals surface area contributed by atoms with Crippen molar-refractivity contribution in [3.05, 3.63) is 63.1 Å². The number of rotatable bonds is 5. The Hall–Kier alpha value is -2.41. The predicted molar refractivity (Wildman–Crippen MR) is 107 cm³/mol. The molecule has 28 heavy (non-hydrogen) atoms. The number of carboxylic acid groups (broad SMARTS) is 1. The van der Waals surface area contributed by atoms with Crippen molar-refractivity contribution in [2.45, 2.75) is 31.7 Å². The van der Waals surface area contributed by atoms with E-state index in [2.05, 4.69) is 0 Å². The van der Waals surface area contributed by atoms with E-state index in [1.807, 2.05) is 0 Å². The molecule has 0 saturated carbocycles. The topological polar surface area (TPSA) is 101 Å². The van der Waals surface area contributed by atoms with Gasteiger partial charge in [0.2, 0.25) is 0 Å². The van der Waals surface area contributed by atoms with Crippen LogP contribution in [0.4, 0.5) is 5.69 Å². The van der Waals surface area contributed by atoms with E-state index in [-0.39, 0.29) is 29.4 Å². The molecule has 0 bridgehead atoms. The van der Waals surface area contributed by atoms with Crippen LogP contribution in [0.25, 0.3) is 0 Å². The first kappa shape index (κ1) is 20.3. The summed E-state index contributed by atoms with van der Waals surface area (Å²) < 4.78 is 0. The summed E-state index contributed by atoms with van der Waals surface area (Å²) in [6.45, 7) is 1.47. The highest BCUT2D eigenvalue weighted by molar-refractivity contribution is 6.36. The molecule has 146 valence electrons. The third kappa shape index (κ3) is 3.90. The van der Waals surface area contributed by atoms with Gasteiger partial charge in [-0.15, -0.1) is 0 Å². The summed E-state index contributed by atoms with van der Waals surface area (Å²) >= 11 is 12.4. The van der Waals surface area contributed by atoms with Crippen molar-refractivity contribution in [1.29, 1.82) is 0 Å². The van der Waals surface area contributed by atoms with E-state index in [9.17, 15) is 19.5 Å². The van der Waals surface area contributed by atoms with Crippen molar-refractivity contribution in [3.63, 3.8) is 0 Å². The second-order valence-corrected chi connectivity index (χ2v) is 7.61. The quantitative estimate of drug-likeness (QED) is 0.565. The zero-order chi connectivity index (χ0) is 20.6. The summed E-state index contributed by atoms with van der Waals surface area (Å²) in [5.74, 6) is 3.88. The molecule has 0 aliphatic carbocycles. The Morgan fingerprint density at radius 3 is 2.39 bits per heavy atom. The highest BCUT2D eigenvalue weighted by Crippen LogP contribution is 2.43. The van der Waals surface area contributed by atoms with Gasteiger partial charge in [0.05, 0.1) is 5.69 Å². The van der Waals surface area contributed by atoms with E-state index >= 15 is 0 Å². The van der Waals surface area contributed by atoms with E-state index in [4.69, 9.17) is 29.0 Å². The molecule has 3 N–H and O–H groups in total. The molecule has 2 aromatic rings. The summed E-state index contributed by atoms with van der Waals surface area (Å²) in [4.78, 5) is 36.1. The van der Waals surface area contributed by atoms with Crippen LogP contribution in [0, 0.1) is 0 Å². The van der Waals surface area contributed by atoms with Crippen LogP contribution in [0.2, 0.25) is 10.0 Å². The van der Waals surface area contributed by atoms with Gasteiger partial charge < -0.3 is 5.11 Å². The second kappa shape index (κ2) is 7.91. The van der Waals surface area contributed by atoms with Crippen LogP contribution >= 0.6 is 23.2 Å². The largest absolute Gasteiger partial charge is 0.480 e. The van der Waals surface area contributed by atoms with E-state index in [0.717, 1.165) is 10.6 Å². The highest BCUT2D eigenvalue weighted by atomic mass is 35.5. The van der Waals surface area contributed by atoms with Crippen LogP contribution in [0.5, 0.6) is 0 Å². The number of benzene rings is 2. The number of nitrogens with zero attached hydrogens (tertiary/aromatic N) is 1. The first-order valence-electron chi connectivity index (χ1n) is 8.57. The minimum absolute atomic E-state index is 0.00451. The first-order valence-corrected chi connectivity index (χ1v) is 9.33. The summed E-state index contributed by atoms with van der Waals surface area (Å²) in [6, 6.07) is 8.70. The lowest BCUT2D eigenvalue weighted by molar-refractivity contribution is -0.139. The molecule has 0 radical (unpaired) electrons. The SMILES string of the molecule is CC(=O)c1ccc(CC(=O)C2CC(C(=O)O)N(N)c3cc(Cl)cc(Cl)c32)cc1. The number of fused-ring (bicyclic) bond motifs is 1. The summed E-state index contributed by atoms with van der Waals surface area (Å²) in [5.41, 5.74) is 2.10. The lowest BCUT2D eigenvalue weighted by Crippen LogP contribution is -2.51. The number of hydrogen-bond acceptors (Lipinski definition) is 5. The number of anilines is 1. The van der Waals surface area contributed by atoms with Gasteiger partial charge in [-0.1, -0.05) is 47.5 Å². The molecule has 0 fully saturated rings. The van der Waals surface area contributed by atoms with Crippen molar-refractivity contribution in [1.82, 2.24) is 0 Å². The van der Waals surface area contributed by atoms with Gasteiger partial charge in [-0.3, -0.25) is 14.6 Å². The fraction of sp³-hybridized carbons (Fsp3) is 0.250. The maximum Gasteiger partial charge on any atom is 0.327 e. The number of carboxylic acids is 1. The summed E-state index contributed by atoms with van der Waals surface area (Å²) in [5, 5.41) is 11.2. The maximum atomic E-state index is 13.1. The monoisotopic (exact) mass is 420 g/mol. The lowest BCUT2D eigenvalue weighted by Gasteiger charge is -2.37. The van der Waals surface area contributed by atoms with Crippen molar-refractivity contribution in [2.24, 2.45) is 5.84 Å². The van der Waals surface area contributed by atoms with Crippen molar-refractivity contribution < 1.29 is 19.5 Å². The molecular formula is C20H18Cl2N2O4. The molecule has 3 rings (SSSR count). The average molecular weight is 421 g/mol. The number of hydrazine groups is 1. The number of halogens is 2. The number of carbonyl (C=O) groups is 3. The Bertz CT molecular complexity index is 959. The lowest BCUT2D eigenvalue weighted by atomic mass is 9.81. The van der Waals surface area contributed by atoms with Crippen LogP contribution in [0.15, 0.2) is 36.4 Å². The van der Waals surface area contributed by atoms with Crippen molar-refractivity contribution >= 4 is 46.4 Å². The Morgan fingerprint density at radius 2 is 1.82 bits per heavy atom. The molecule has 2 aromatic carbocycles. The number of Topliss-reactive ketones (excluding diaryl/α,β-unsaturated/α-hetero) is 2. The normalized spacial score (nSPS) is 18.5. The standard InChI is InChI=1S/C20H18Cl2N2O4/c1-10(25)12-4-2-11(3-5-12)6-18(26)14-9-17(20(27)28)24(23)16-8-13(21)7-15(22)19(14)16/h2-5,7-8,14,17H,6,9,23H2,1H3,(H,27,28). The minimum atomic E-state index is -1.13. The van der Waals surface area contributed by atoms with Gasteiger partial charge in [-0.25, -0.2) is 10.6 Å². The van der Waals surface area contributed by atoms with Crippen LogP contribution in [-0.4, -0.2) is 28.7 Å². The van der Waals surface area contributed by atoms with Crippen LogP contribution in [0.3, 0.4) is 0 Å². The summed E-state index contributed by atoms with van der Waals surface area (Å²) in [6.07, 6.45) is 0.0860. The van der Waals surface area contributed by atoms with Crippen molar-refractivity contribution in [2.75, 3.05) is 5.01 Å². The van der Waals surface area contributed by atoms with Crippen LogP contribution < -0.4 is 10.9 Å². The molecule has 2 unspecified atom stereocenters. The average Bonchev–Trinajstić information content (AvgIpc) is 2.62. The number of nitrogens with two attached hydrogens (primary N) is 1. The molecule has 0 saturated heterocycles. The van der Waals surface area contributed by atoms with Gasteiger partial charge in [-0.2, -0.15) is 0 Å². The highest BCUT2D eigenvalue weighted by Gasteiger charge is 2.40. The molecule has 0 spiro atoms. The number of carbonyl (C=O) groups excluding carboxylic acids is 2. The molecule has 8 heteroatoms. The Kier molecular flexibility index (Phi) is 5.74. The fourth-order valence-electron chi connectivity index (χ4n) is 3.45. The first-order chi connectivity index (χ1) is 13.2. The molecule has 1 aliphatic rings. The van der Waals surface area contributed by atoms with E-state index < -0.39 is 17.9 Å². The van der Waals surface area contributed by atoms with Gasteiger partial charge in [0, 0.05) is 33.5 Å². The minimum Gasteiger partial charge on any atom is -0.480 e.